The summed E-state index contributed by atoms with van der Waals surface area (Å²) < 4.78 is 36.2. The van der Waals surface area contributed by atoms with Crippen LogP contribution in [0.15, 0.2) is 23.4 Å². The van der Waals surface area contributed by atoms with E-state index >= 15 is 0 Å². The Morgan fingerprint density at radius 1 is 1.38 bits per heavy atom. The van der Waals surface area contributed by atoms with Gasteiger partial charge >= 0.3 is 16.3 Å². The van der Waals surface area contributed by atoms with E-state index in [-0.39, 0.29) is 17.3 Å². The normalized spacial score (nSPS) is 11.6. The fourth-order valence-electron chi connectivity index (χ4n) is 1.31. The van der Waals surface area contributed by atoms with Crippen LogP contribution in [-0.2, 0) is 14.9 Å². The number of oxime groups is 1. The first kappa shape index (κ1) is 16.4. The first-order chi connectivity index (χ1) is 9.82. The Bertz CT molecular complexity index is 658. The topological polar surface area (TPSA) is 152 Å². The highest BCUT2D eigenvalue weighted by atomic mass is 32.2. The van der Waals surface area contributed by atoms with Gasteiger partial charge in [-0.25, -0.2) is 9.52 Å². The van der Waals surface area contributed by atoms with Crippen LogP contribution in [0, 0.1) is 0 Å². The Morgan fingerprint density at radius 2 is 2.05 bits per heavy atom. The van der Waals surface area contributed by atoms with E-state index in [1.165, 1.54) is 25.3 Å². The van der Waals surface area contributed by atoms with Crippen molar-refractivity contribution in [3.8, 4) is 5.75 Å². The Balaban J connectivity index is 3.06. The van der Waals surface area contributed by atoms with Crippen molar-refractivity contribution >= 4 is 27.8 Å². The van der Waals surface area contributed by atoms with Crippen LogP contribution in [0.1, 0.15) is 5.56 Å². The average molecular weight is 318 g/mol. The van der Waals surface area contributed by atoms with Crippen LogP contribution < -0.4 is 19.9 Å². The summed E-state index contributed by atoms with van der Waals surface area (Å²) in [6, 6.07) is 4.07. The Labute approximate surface area is 120 Å². The molecule has 0 aliphatic carbocycles. The van der Waals surface area contributed by atoms with E-state index in [4.69, 9.17) is 15.7 Å². The number of nitrogens with zero attached hydrogens (tertiary/aromatic N) is 1. The molecule has 0 saturated heterocycles. The van der Waals surface area contributed by atoms with Gasteiger partial charge in [-0.3, -0.25) is 4.72 Å². The molecule has 0 aliphatic heterocycles. The molecule has 0 aromatic heterocycles. The molecule has 0 saturated carbocycles. The highest BCUT2D eigenvalue weighted by Gasteiger charge is 2.17. The van der Waals surface area contributed by atoms with Crippen LogP contribution >= 0.6 is 0 Å². The van der Waals surface area contributed by atoms with Crippen molar-refractivity contribution in [3.63, 3.8) is 0 Å². The monoisotopic (exact) mass is 318 g/mol. The Morgan fingerprint density at radius 3 is 2.57 bits per heavy atom. The van der Waals surface area contributed by atoms with E-state index < -0.39 is 16.3 Å². The predicted molar refractivity (Wildman–Crippen MR) is 73.6 cm³/mol. The van der Waals surface area contributed by atoms with Gasteiger partial charge in [0.15, 0.2) is 5.84 Å². The molecule has 10 nitrogen and oxygen atoms in total. The number of benzene rings is 1. The van der Waals surface area contributed by atoms with Gasteiger partial charge < -0.3 is 20.4 Å². The van der Waals surface area contributed by atoms with Gasteiger partial charge in [-0.15, -0.1) is 0 Å². The number of ether oxygens (including phenoxy) is 2. The van der Waals surface area contributed by atoms with E-state index in [1.54, 1.807) is 4.72 Å². The van der Waals surface area contributed by atoms with Crippen LogP contribution in [0.5, 0.6) is 5.75 Å². The maximum absolute atomic E-state index is 11.6. The highest BCUT2D eigenvalue weighted by Crippen LogP contribution is 2.26. The minimum absolute atomic E-state index is 0.0448. The number of anilines is 1. The van der Waals surface area contributed by atoms with Gasteiger partial charge in [-0.05, 0) is 18.2 Å². The third-order valence-electron chi connectivity index (χ3n) is 2.25. The number of methoxy groups -OCH3 is 2. The molecule has 116 valence electrons. The van der Waals surface area contributed by atoms with Crippen molar-refractivity contribution in [3.05, 3.63) is 23.8 Å². The van der Waals surface area contributed by atoms with E-state index in [2.05, 4.69) is 14.6 Å². The summed E-state index contributed by atoms with van der Waals surface area (Å²) in [5.74, 6) is -0.0651. The molecular weight excluding hydrogens is 304 g/mol. The summed E-state index contributed by atoms with van der Waals surface area (Å²) in [6.45, 7) is 0. The summed E-state index contributed by atoms with van der Waals surface area (Å²) >= 11 is 0. The smallest absolute Gasteiger partial charge is 0.422 e. The number of amides is 1. The molecule has 0 radical (unpaired) electrons. The number of hydrogen-bond acceptors (Lipinski definition) is 7. The van der Waals surface area contributed by atoms with Gasteiger partial charge in [0.1, 0.15) is 5.75 Å². The molecule has 21 heavy (non-hydrogen) atoms. The molecule has 0 aliphatic rings. The lowest BCUT2D eigenvalue weighted by Crippen LogP contribution is -2.35. The van der Waals surface area contributed by atoms with Crippen LogP contribution in [-0.4, -0.2) is 39.8 Å². The van der Waals surface area contributed by atoms with Crippen molar-refractivity contribution in [2.75, 3.05) is 18.9 Å². The Hall–Kier alpha value is -2.69. The van der Waals surface area contributed by atoms with Gasteiger partial charge in [0.05, 0.1) is 19.9 Å². The number of rotatable bonds is 5. The summed E-state index contributed by atoms with van der Waals surface area (Å²) in [6.07, 6.45) is -1.14. The molecule has 11 heteroatoms. The fourth-order valence-corrected chi connectivity index (χ4v) is 2.13. The van der Waals surface area contributed by atoms with E-state index in [9.17, 15) is 13.2 Å². The van der Waals surface area contributed by atoms with Gasteiger partial charge in [0.2, 0.25) is 0 Å². The molecule has 0 unspecified atom stereocenters. The molecule has 1 aromatic rings. The second-order valence-electron chi connectivity index (χ2n) is 3.60. The van der Waals surface area contributed by atoms with Crippen molar-refractivity contribution in [2.24, 2.45) is 10.9 Å². The standard InChI is InChI=1S/C10H14N4O6S/c1-19-8-5-6(9(11)12-16)3-4-7(8)13-21(17,18)14-10(15)20-2/h3-5,13,16H,1-2H3,(H2,11,12)(H,14,15). The first-order valence-corrected chi connectivity index (χ1v) is 6.85. The quantitative estimate of drug-likeness (QED) is 0.254. The van der Waals surface area contributed by atoms with Crippen LogP contribution in [0.25, 0.3) is 0 Å². The number of nitrogens with two attached hydrogens (primary N) is 1. The molecule has 1 rings (SSSR count). The molecule has 0 heterocycles. The lowest BCUT2D eigenvalue weighted by Gasteiger charge is -2.13. The first-order valence-electron chi connectivity index (χ1n) is 5.37. The second kappa shape index (κ2) is 6.65. The molecule has 1 aromatic carbocycles. The van der Waals surface area contributed by atoms with Crippen molar-refractivity contribution in [1.82, 2.24) is 4.72 Å². The molecule has 0 atom stereocenters. The minimum atomic E-state index is -4.18. The Kier molecular flexibility index (Phi) is 5.18. The van der Waals surface area contributed by atoms with Gasteiger partial charge in [0.25, 0.3) is 0 Å². The van der Waals surface area contributed by atoms with E-state index in [0.717, 1.165) is 7.11 Å². The van der Waals surface area contributed by atoms with Crippen molar-refractivity contribution in [1.29, 1.82) is 0 Å². The lowest BCUT2D eigenvalue weighted by atomic mass is 10.2. The van der Waals surface area contributed by atoms with Crippen molar-refractivity contribution < 1.29 is 27.9 Å². The maximum atomic E-state index is 11.6. The van der Waals surface area contributed by atoms with Crippen LogP contribution in [0.3, 0.4) is 0 Å². The van der Waals surface area contributed by atoms with Gasteiger partial charge in [-0.1, -0.05) is 5.16 Å². The molecule has 0 fully saturated rings. The average Bonchev–Trinajstić information content (AvgIpc) is 2.45. The molecule has 1 amide bonds. The number of amidine groups is 1. The van der Waals surface area contributed by atoms with Crippen molar-refractivity contribution in [2.45, 2.75) is 0 Å². The fraction of sp³-hybridized carbons (Fsp3) is 0.200. The zero-order valence-electron chi connectivity index (χ0n) is 11.2. The molecule has 5 N–H and O–H groups in total. The number of carbonyl (C=O) groups excluding carboxylic acids is 1. The second-order valence-corrected chi connectivity index (χ2v) is 5.01. The summed E-state index contributed by atoms with van der Waals surface area (Å²) in [5, 5.41) is 11.4. The molecule has 0 bridgehead atoms. The third-order valence-corrected chi connectivity index (χ3v) is 3.18. The maximum Gasteiger partial charge on any atom is 0.422 e. The summed E-state index contributed by atoms with van der Waals surface area (Å²) in [5.41, 5.74) is 5.77. The number of nitrogens with one attached hydrogen (secondary N) is 2. The SMILES string of the molecule is COC(=O)NS(=O)(=O)Nc1ccc(/C(N)=N/O)cc1OC. The zero-order valence-corrected chi connectivity index (χ0v) is 12.0. The zero-order chi connectivity index (χ0) is 16.0. The predicted octanol–water partition coefficient (Wildman–Crippen LogP) is -0.198. The molecule has 0 spiro atoms. The van der Waals surface area contributed by atoms with Crippen LogP contribution in [0.4, 0.5) is 10.5 Å². The largest absolute Gasteiger partial charge is 0.495 e. The van der Waals surface area contributed by atoms with E-state index in [0.29, 0.717) is 5.56 Å². The lowest BCUT2D eigenvalue weighted by molar-refractivity contribution is 0.177. The number of carbonyl (C=O) groups is 1. The van der Waals surface area contributed by atoms with Crippen LogP contribution in [0.2, 0.25) is 0 Å². The number of hydrogen-bond donors (Lipinski definition) is 4. The van der Waals surface area contributed by atoms with Gasteiger partial charge in [-0.2, -0.15) is 8.42 Å². The highest BCUT2D eigenvalue weighted by molar-refractivity contribution is 7.91. The molecular formula is C10H14N4O6S. The van der Waals surface area contributed by atoms with Gasteiger partial charge in [0, 0.05) is 5.56 Å². The minimum Gasteiger partial charge on any atom is -0.495 e. The summed E-state index contributed by atoms with van der Waals surface area (Å²) in [7, 11) is -1.86. The summed E-state index contributed by atoms with van der Waals surface area (Å²) in [4.78, 5) is 10.9. The third kappa shape index (κ3) is 4.42. The van der Waals surface area contributed by atoms with E-state index in [1.807, 2.05) is 0 Å².